The zero-order chi connectivity index (χ0) is 23.0. The van der Waals surface area contributed by atoms with Crippen LogP contribution in [0.5, 0.6) is 5.75 Å². The van der Waals surface area contributed by atoms with Crippen LogP contribution in [0.1, 0.15) is 42.1 Å². The molecule has 4 unspecified atom stereocenters. The Morgan fingerprint density at radius 2 is 1.72 bits per heavy atom. The number of phenolic OH excluding ortho intramolecular Hbond substituents is 1. The molecule has 166 valence electrons. The van der Waals surface area contributed by atoms with Gasteiger partial charge in [-0.2, -0.15) is 0 Å². The van der Waals surface area contributed by atoms with E-state index in [4.69, 9.17) is 0 Å². The molecule has 1 fully saturated rings. The molecule has 6 heteroatoms. The van der Waals surface area contributed by atoms with E-state index in [0.29, 0.717) is 18.4 Å². The van der Waals surface area contributed by atoms with Gasteiger partial charge in [-0.15, -0.1) is 0 Å². The number of aliphatic hydroxyl groups excluding tert-OH is 1. The Balaban J connectivity index is 1.59. The first-order valence-electron chi connectivity index (χ1n) is 10.9. The smallest absolute Gasteiger partial charge is 0.167 e. The van der Waals surface area contributed by atoms with E-state index in [1.165, 1.54) is 6.92 Å². The third-order valence-corrected chi connectivity index (χ3v) is 6.81. The van der Waals surface area contributed by atoms with Crippen LogP contribution in [0.3, 0.4) is 0 Å². The minimum absolute atomic E-state index is 0.0367. The Morgan fingerprint density at radius 3 is 2.38 bits per heavy atom. The first-order valence-corrected chi connectivity index (χ1v) is 10.9. The third kappa shape index (κ3) is 4.02. The second-order valence-corrected chi connectivity index (χ2v) is 8.99. The molecule has 0 bridgehead atoms. The van der Waals surface area contributed by atoms with Gasteiger partial charge < -0.3 is 10.2 Å². The Labute approximate surface area is 186 Å². The molecule has 0 aliphatic heterocycles. The summed E-state index contributed by atoms with van der Waals surface area (Å²) >= 11 is 0. The highest BCUT2D eigenvalue weighted by molar-refractivity contribution is 6.20. The normalized spacial score (nSPS) is 25.5. The number of carbonyl (C=O) groups is 4. The minimum Gasteiger partial charge on any atom is -0.507 e. The quantitative estimate of drug-likeness (QED) is 0.700. The van der Waals surface area contributed by atoms with Gasteiger partial charge in [0.2, 0.25) is 0 Å². The standard InChI is InChI=1S/C26H26O6/c1-14(28)24-22(30)12-18(20(13-27)26(24)32)7-15-8-19-10-17(16-5-3-2-4-6-16)11-23(31)25(19)21(29)9-15/h2-6,10-11,15,18,20,24,27,31H,7-9,12-13H2,1H3. The van der Waals surface area contributed by atoms with E-state index >= 15 is 0 Å². The molecule has 0 spiro atoms. The van der Waals surface area contributed by atoms with Crippen molar-refractivity contribution in [3.8, 4) is 16.9 Å². The van der Waals surface area contributed by atoms with Crippen LogP contribution < -0.4 is 0 Å². The Morgan fingerprint density at radius 1 is 1.00 bits per heavy atom. The van der Waals surface area contributed by atoms with Crippen LogP contribution in [0.25, 0.3) is 11.1 Å². The summed E-state index contributed by atoms with van der Waals surface area (Å²) in [5, 5.41) is 20.3. The molecule has 1 saturated carbocycles. The van der Waals surface area contributed by atoms with Gasteiger partial charge in [0.05, 0.1) is 12.2 Å². The summed E-state index contributed by atoms with van der Waals surface area (Å²) in [5.74, 6) is -4.16. The molecule has 0 saturated heterocycles. The molecule has 2 aromatic rings. The van der Waals surface area contributed by atoms with E-state index in [9.17, 15) is 29.4 Å². The zero-order valence-corrected chi connectivity index (χ0v) is 17.9. The molecular formula is C26H26O6. The van der Waals surface area contributed by atoms with Crippen LogP contribution in [0.4, 0.5) is 0 Å². The summed E-state index contributed by atoms with van der Waals surface area (Å²) in [5.41, 5.74) is 2.84. The fourth-order valence-electron chi connectivity index (χ4n) is 5.35. The molecule has 2 aliphatic rings. The van der Waals surface area contributed by atoms with Crippen molar-refractivity contribution in [1.82, 2.24) is 0 Å². The van der Waals surface area contributed by atoms with Crippen molar-refractivity contribution in [1.29, 1.82) is 0 Å². The number of rotatable bonds is 5. The van der Waals surface area contributed by atoms with Crippen molar-refractivity contribution in [2.24, 2.45) is 23.7 Å². The summed E-state index contributed by atoms with van der Waals surface area (Å²) in [7, 11) is 0. The fourth-order valence-corrected chi connectivity index (χ4v) is 5.35. The van der Waals surface area contributed by atoms with E-state index in [1.807, 2.05) is 36.4 Å². The van der Waals surface area contributed by atoms with Crippen molar-refractivity contribution in [3.63, 3.8) is 0 Å². The van der Waals surface area contributed by atoms with E-state index in [0.717, 1.165) is 16.7 Å². The van der Waals surface area contributed by atoms with E-state index in [1.54, 1.807) is 6.07 Å². The molecule has 32 heavy (non-hydrogen) atoms. The summed E-state index contributed by atoms with van der Waals surface area (Å²) < 4.78 is 0. The van der Waals surface area contributed by atoms with E-state index < -0.39 is 41.7 Å². The lowest BCUT2D eigenvalue weighted by Gasteiger charge is -2.35. The predicted molar refractivity (Wildman–Crippen MR) is 117 cm³/mol. The molecule has 0 heterocycles. The van der Waals surface area contributed by atoms with Crippen LogP contribution >= 0.6 is 0 Å². The van der Waals surface area contributed by atoms with Gasteiger partial charge in [0.25, 0.3) is 0 Å². The first kappa shape index (κ1) is 22.1. The average Bonchev–Trinajstić information content (AvgIpc) is 2.73. The van der Waals surface area contributed by atoms with Crippen LogP contribution in [0.15, 0.2) is 42.5 Å². The lowest BCUT2D eigenvalue weighted by molar-refractivity contribution is -0.147. The molecule has 4 atom stereocenters. The van der Waals surface area contributed by atoms with Crippen molar-refractivity contribution in [3.05, 3.63) is 53.6 Å². The summed E-state index contributed by atoms with van der Waals surface area (Å²) in [6.45, 7) is 0.805. The van der Waals surface area contributed by atoms with Crippen molar-refractivity contribution in [2.75, 3.05) is 6.61 Å². The van der Waals surface area contributed by atoms with Crippen LogP contribution in [-0.2, 0) is 20.8 Å². The molecule has 2 aliphatic carbocycles. The summed E-state index contributed by atoms with van der Waals surface area (Å²) in [6, 6.07) is 13.1. The van der Waals surface area contributed by atoms with E-state index in [2.05, 4.69) is 0 Å². The number of ketones is 4. The fraction of sp³-hybridized carbons (Fsp3) is 0.385. The van der Waals surface area contributed by atoms with Gasteiger partial charge in [-0.3, -0.25) is 19.2 Å². The highest BCUT2D eigenvalue weighted by atomic mass is 16.3. The lowest BCUT2D eigenvalue weighted by atomic mass is 9.67. The van der Waals surface area contributed by atoms with Crippen molar-refractivity contribution < 1.29 is 29.4 Å². The van der Waals surface area contributed by atoms with Crippen molar-refractivity contribution in [2.45, 2.75) is 32.6 Å². The van der Waals surface area contributed by atoms with Gasteiger partial charge in [0.1, 0.15) is 17.5 Å². The van der Waals surface area contributed by atoms with Gasteiger partial charge >= 0.3 is 0 Å². The second-order valence-electron chi connectivity index (χ2n) is 8.99. The van der Waals surface area contributed by atoms with Crippen LogP contribution in [0, 0.1) is 23.7 Å². The number of Topliss-reactive ketones (excluding diaryl/α,β-unsaturated/α-hetero) is 4. The van der Waals surface area contributed by atoms with Crippen LogP contribution in [-0.4, -0.2) is 40.0 Å². The van der Waals surface area contributed by atoms with Crippen LogP contribution in [0.2, 0.25) is 0 Å². The highest BCUT2D eigenvalue weighted by Gasteiger charge is 2.45. The maximum absolute atomic E-state index is 12.8. The molecule has 4 rings (SSSR count). The largest absolute Gasteiger partial charge is 0.507 e. The van der Waals surface area contributed by atoms with Gasteiger partial charge in [0, 0.05) is 18.8 Å². The lowest BCUT2D eigenvalue weighted by Crippen LogP contribution is -2.46. The number of phenols is 1. The SMILES string of the molecule is CC(=O)C1C(=O)CC(CC2CC(=O)c3c(O)cc(-c4ccccc4)cc3C2)C(CO)C1=O. The molecule has 0 radical (unpaired) electrons. The van der Waals surface area contributed by atoms with E-state index in [-0.39, 0.29) is 30.3 Å². The summed E-state index contributed by atoms with van der Waals surface area (Å²) in [6.07, 6.45) is 1.21. The van der Waals surface area contributed by atoms with Gasteiger partial charge in [-0.1, -0.05) is 36.4 Å². The number of hydrogen-bond donors (Lipinski definition) is 2. The second kappa shape index (κ2) is 8.79. The van der Waals surface area contributed by atoms with Gasteiger partial charge in [-0.25, -0.2) is 0 Å². The monoisotopic (exact) mass is 434 g/mol. The first-order chi connectivity index (χ1) is 15.3. The number of aliphatic hydroxyl groups is 1. The molecular weight excluding hydrogens is 408 g/mol. The minimum atomic E-state index is -1.28. The number of hydrogen-bond acceptors (Lipinski definition) is 6. The molecule has 6 nitrogen and oxygen atoms in total. The highest BCUT2D eigenvalue weighted by Crippen LogP contribution is 2.40. The predicted octanol–water partition coefficient (Wildman–Crippen LogP) is 3.17. The molecule has 2 aromatic carbocycles. The average molecular weight is 434 g/mol. The molecule has 2 N–H and O–H groups in total. The summed E-state index contributed by atoms with van der Waals surface area (Å²) in [4.78, 5) is 49.7. The number of aromatic hydroxyl groups is 1. The van der Waals surface area contributed by atoms with Gasteiger partial charge in [0.15, 0.2) is 17.3 Å². The number of benzene rings is 2. The molecule has 0 aromatic heterocycles. The Hall–Kier alpha value is -3.12. The zero-order valence-electron chi connectivity index (χ0n) is 17.9. The topological polar surface area (TPSA) is 109 Å². The van der Waals surface area contributed by atoms with Gasteiger partial charge in [-0.05, 0) is 54.4 Å². The maximum atomic E-state index is 12.8. The number of fused-ring (bicyclic) bond motifs is 1. The number of carbonyl (C=O) groups excluding carboxylic acids is 4. The van der Waals surface area contributed by atoms with Crippen molar-refractivity contribution >= 4 is 23.1 Å². The Bertz CT molecular complexity index is 1090. The Kier molecular flexibility index (Phi) is 6.07. The molecule has 0 amide bonds. The third-order valence-electron chi connectivity index (χ3n) is 6.81. The maximum Gasteiger partial charge on any atom is 0.167 e.